The van der Waals surface area contributed by atoms with Crippen LogP contribution in [0.4, 0.5) is 0 Å². The van der Waals surface area contributed by atoms with Crippen LogP contribution in [0.15, 0.2) is 55.3 Å². The van der Waals surface area contributed by atoms with Gasteiger partial charge in [-0.25, -0.2) is 0 Å². The van der Waals surface area contributed by atoms with Crippen molar-refractivity contribution in [3.05, 3.63) is 72.1 Å². The van der Waals surface area contributed by atoms with Gasteiger partial charge >= 0.3 is 0 Å². The molecule has 0 spiro atoms. The maximum atomic E-state index is 9.29. The predicted octanol–water partition coefficient (Wildman–Crippen LogP) is 2.89. The third kappa shape index (κ3) is 5.51. The van der Waals surface area contributed by atoms with Gasteiger partial charge in [-0.1, -0.05) is 48.6 Å². The summed E-state index contributed by atoms with van der Waals surface area (Å²) in [5, 5.41) is 13.8. The van der Waals surface area contributed by atoms with Gasteiger partial charge in [0.15, 0.2) is 0 Å². The van der Waals surface area contributed by atoms with Crippen molar-refractivity contribution in [1.29, 1.82) is 0 Å². The van der Waals surface area contributed by atoms with Crippen molar-refractivity contribution < 1.29 is 5.11 Å². The standard InChI is InChI=1S/C19H25N3O/c1-3-11-22-16-19(17(2)20-22)15-21(13-14-23)12-7-10-18-8-5-4-6-9-18/h3-10,16,23H,1,11-15H2,2H3/b10-7+. The van der Waals surface area contributed by atoms with Gasteiger partial charge < -0.3 is 5.11 Å². The van der Waals surface area contributed by atoms with Gasteiger partial charge in [-0.2, -0.15) is 5.10 Å². The molecule has 1 aromatic carbocycles. The van der Waals surface area contributed by atoms with Crippen LogP contribution in [-0.4, -0.2) is 39.5 Å². The molecule has 0 saturated heterocycles. The Hall–Kier alpha value is -2.17. The van der Waals surface area contributed by atoms with Gasteiger partial charge in [0.25, 0.3) is 0 Å². The van der Waals surface area contributed by atoms with E-state index in [9.17, 15) is 5.11 Å². The highest BCUT2D eigenvalue weighted by Gasteiger charge is 2.09. The van der Waals surface area contributed by atoms with Crippen molar-refractivity contribution in [2.45, 2.75) is 20.0 Å². The van der Waals surface area contributed by atoms with Gasteiger partial charge in [-0.05, 0) is 12.5 Å². The minimum Gasteiger partial charge on any atom is -0.395 e. The smallest absolute Gasteiger partial charge is 0.0638 e. The lowest BCUT2D eigenvalue weighted by Gasteiger charge is -2.19. The monoisotopic (exact) mass is 311 g/mol. The summed E-state index contributed by atoms with van der Waals surface area (Å²) in [7, 11) is 0. The van der Waals surface area contributed by atoms with Crippen LogP contribution in [0.3, 0.4) is 0 Å². The van der Waals surface area contributed by atoms with Crippen molar-refractivity contribution in [1.82, 2.24) is 14.7 Å². The zero-order valence-electron chi connectivity index (χ0n) is 13.7. The molecule has 2 rings (SSSR count). The Morgan fingerprint density at radius 2 is 2.09 bits per heavy atom. The number of aliphatic hydroxyl groups is 1. The largest absolute Gasteiger partial charge is 0.395 e. The first-order valence-corrected chi connectivity index (χ1v) is 7.91. The van der Waals surface area contributed by atoms with Crippen molar-refractivity contribution in [3.8, 4) is 0 Å². The minimum absolute atomic E-state index is 0.152. The summed E-state index contributed by atoms with van der Waals surface area (Å²) < 4.78 is 1.90. The Bertz CT molecular complexity index is 631. The molecule has 0 aliphatic carbocycles. The Morgan fingerprint density at radius 1 is 1.30 bits per heavy atom. The van der Waals surface area contributed by atoms with Crippen LogP contribution in [0.2, 0.25) is 0 Å². The number of rotatable bonds is 9. The predicted molar refractivity (Wildman–Crippen MR) is 95.0 cm³/mol. The van der Waals surface area contributed by atoms with Gasteiger partial charge in [-0.15, -0.1) is 6.58 Å². The number of hydrogen-bond donors (Lipinski definition) is 1. The summed E-state index contributed by atoms with van der Waals surface area (Å²) in [5.41, 5.74) is 3.40. The van der Waals surface area contributed by atoms with Gasteiger partial charge in [0.1, 0.15) is 0 Å². The number of aromatic nitrogens is 2. The second-order valence-electron chi connectivity index (χ2n) is 5.52. The van der Waals surface area contributed by atoms with E-state index in [1.165, 1.54) is 11.1 Å². The molecule has 23 heavy (non-hydrogen) atoms. The molecule has 2 aromatic rings. The Labute approximate surface area is 138 Å². The van der Waals surface area contributed by atoms with Crippen molar-refractivity contribution in [3.63, 3.8) is 0 Å². The molecule has 0 amide bonds. The van der Waals surface area contributed by atoms with Crippen LogP contribution in [0.5, 0.6) is 0 Å². The molecule has 1 N–H and O–H groups in total. The van der Waals surface area contributed by atoms with E-state index >= 15 is 0 Å². The Kier molecular flexibility index (Phi) is 6.78. The van der Waals surface area contributed by atoms with E-state index in [0.29, 0.717) is 6.54 Å². The Morgan fingerprint density at radius 3 is 2.78 bits per heavy atom. The highest BCUT2D eigenvalue weighted by atomic mass is 16.3. The molecule has 4 nitrogen and oxygen atoms in total. The summed E-state index contributed by atoms with van der Waals surface area (Å²) in [6, 6.07) is 10.2. The molecule has 0 saturated carbocycles. The summed E-state index contributed by atoms with van der Waals surface area (Å²) >= 11 is 0. The molecule has 0 radical (unpaired) electrons. The molecule has 0 aliphatic heterocycles. The average molecular weight is 311 g/mol. The number of aliphatic hydroxyl groups excluding tert-OH is 1. The molecule has 1 aromatic heterocycles. The lowest BCUT2D eigenvalue weighted by molar-refractivity contribution is 0.203. The number of allylic oxidation sites excluding steroid dienone is 1. The molecular formula is C19H25N3O. The van der Waals surface area contributed by atoms with Crippen LogP contribution < -0.4 is 0 Å². The zero-order chi connectivity index (χ0) is 16.5. The van der Waals surface area contributed by atoms with Gasteiger partial charge in [0.05, 0.1) is 18.8 Å². The van der Waals surface area contributed by atoms with Crippen molar-refractivity contribution in [2.75, 3.05) is 19.7 Å². The third-order valence-electron chi connectivity index (χ3n) is 3.65. The van der Waals surface area contributed by atoms with Crippen molar-refractivity contribution in [2.24, 2.45) is 0 Å². The maximum Gasteiger partial charge on any atom is 0.0638 e. The average Bonchev–Trinajstić information content (AvgIpc) is 2.88. The second-order valence-corrected chi connectivity index (χ2v) is 5.52. The van der Waals surface area contributed by atoms with Crippen LogP contribution in [0, 0.1) is 6.92 Å². The van der Waals surface area contributed by atoms with E-state index in [-0.39, 0.29) is 6.61 Å². The molecule has 0 unspecified atom stereocenters. The van der Waals surface area contributed by atoms with E-state index < -0.39 is 0 Å². The maximum absolute atomic E-state index is 9.29. The summed E-state index contributed by atoms with van der Waals surface area (Å²) in [6.07, 6.45) is 8.14. The molecule has 0 aliphatic rings. The highest BCUT2D eigenvalue weighted by Crippen LogP contribution is 2.10. The number of benzene rings is 1. The van der Waals surface area contributed by atoms with E-state index in [1.807, 2.05) is 35.9 Å². The molecule has 0 fully saturated rings. The van der Waals surface area contributed by atoms with Crippen LogP contribution in [0.1, 0.15) is 16.8 Å². The fourth-order valence-electron chi connectivity index (χ4n) is 2.46. The summed E-state index contributed by atoms with van der Waals surface area (Å²) in [5.74, 6) is 0. The van der Waals surface area contributed by atoms with Gasteiger partial charge in [0, 0.05) is 31.4 Å². The first kappa shape index (κ1) is 17.2. The fourth-order valence-corrected chi connectivity index (χ4v) is 2.46. The minimum atomic E-state index is 0.152. The lowest BCUT2D eigenvalue weighted by Crippen LogP contribution is -2.26. The molecular weight excluding hydrogens is 286 g/mol. The van der Waals surface area contributed by atoms with Crippen LogP contribution in [0.25, 0.3) is 6.08 Å². The quantitative estimate of drug-likeness (QED) is 0.724. The molecule has 4 heteroatoms. The number of hydrogen-bond acceptors (Lipinski definition) is 3. The van der Waals surface area contributed by atoms with E-state index in [1.54, 1.807) is 0 Å². The van der Waals surface area contributed by atoms with E-state index in [4.69, 9.17) is 0 Å². The van der Waals surface area contributed by atoms with Crippen LogP contribution in [-0.2, 0) is 13.1 Å². The topological polar surface area (TPSA) is 41.3 Å². The highest BCUT2D eigenvalue weighted by molar-refractivity contribution is 5.48. The molecule has 122 valence electrons. The first-order chi connectivity index (χ1) is 11.2. The molecule has 0 bridgehead atoms. The zero-order valence-corrected chi connectivity index (χ0v) is 13.7. The SMILES string of the molecule is C=CCn1cc(CN(C/C=C/c2ccccc2)CCO)c(C)n1. The lowest BCUT2D eigenvalue weighted by atomic mass is 10.2. The second kappa shape index (κ2) is 9.08. The van der Waals surface area contributed by atoms with E-state index in [2.05, 4.69) is 47.1 Å². The van der Waals surface area contributed by atoms with Gasteiger partial charge in [-0.3, -0.25) is 9.58 Å². The van der Waals surface area contributed by atoms with Crippen molar-refractivity contribution >= 4 is 6.08 Å². The number of aryl methyl sites for hydroxylation is 1. The summed E-state index contributed by atoms with van der Waals surface area (Å²) in [4.78, 5) is 2.21. The molecule has 0 atom stereocenters. The van der Waals surface area contributed by atoms with Gasteiger partial charge in [0.2, 0.25) is 0 Å². The Balaban J connectivity index is 1.98. The summed E-state index contributed by atoms with van der Waals surface area (Å²) in [6.45, 7) is 8.85. The fraction of sp³-hybridized carbons (Fsp3) is 0.316. The number of nitrogens with zero attached hydrogens (tertiary/aromatic N) is 3. The third-order valence-corrected chi connectivity index (χ3v) is 3.65. The normalized spacial score (nSPS) is 11.4. The van der Waals surface area contributed by atoms with E-state index in [0.717, 1.165) is 25.3 Å². The molecule has 1 heterocycles. The van der Waals surface area contributed by atoms with Crippen LogP contribution >= 0.6 is 0 Å². The first-order valence-electron chi connectivity index (χ1n) is 7.91.